The van der Waals surface area contributed by atoms with E-state index in [0.29, 0.717) is 6.61 Å². The van der Waals surface area contributed by atoms with Crippen LogP contribution in [0.4, 0.5) is 0 Å². The van der Waals surface area contributed by atoms with Gasteiger partial charge < -0.3 is 13.3 Å². The molecule has 0 heterocycles. The lowest BCUT2D eigenvalue weighted by Crippen LogP contribution is -2.33. The number of halogens is 3. The van der Waals surface area contributed by atoms with E-state index < -0.39 is 25.0 Å². The Morgan fingerprint density at radius 1 is 0.600 bits per heavy atom. The van der Waals surface area contributed by atoms with Crippen molar-refractivity contribution in [3.8, 4) is 11.5 Å². The Hall–Kier alpha value is 0.871. The lowest BCUT2D eigenvalue weighted by molar-refractivity contribution is 0.297. The highest BCUT2D eigenvalue weighted by Gasteiger charge is 2.30. The summed E-state index contributed by atoms with van der Waals surface area (Å²) in [4.78, 5) is 0. The summed E-state index contributed by atoms with van der Waals surface area (Å²) in [5, 5.41) is 0. The van der Waals surface area contributed by atoms with Gasteiger partial charge in [0, 0.05) is 10.0 Å². The molecule has 0 saturated carbocycles. The first-order chi connectivity index (χ1) is 11.0. The van der Waals surface area contributed by atoms with Crippen LogP contribution in [0, 0.1) is 0 Å². The van der Waals surface area contributed by atoms with Crippen molar-refractivity contribution in [2.45, 2.75) is 65.5 Å². The quantitative estimate of drug-likeness (QED) is 0.239. The third-order valence-electron chi connectivity index (χ3n) is 2.79. The third-order valence-corrected chi connectivity index (χ3v) is 8.44. The Balaban J connectivity index is 3.53. The monoisotopic (exact) mass is 590 g/mol. The number of rotatable bonds is 7. The first kappa shape index (κ1) is 23.9. The van der Waals surface area contributed by atoms with E-state index in [-0.39, 0.29) is 0 Å². The predicted octanol–water partition coefficient (Wildman–Crippen LogP) is 7.75. The lowest BCUT2D eigenvalue weighted by atomic mass is 10.2. The molecule has 0 unspecified atom stereocenters. The summed E-state index contributed by atoms with van der Waals surface area (Å²) in [5.74, 6) is 1.56. The smallest absolute Gasteiger partial charge is 0.242 e. The van der Waals surface area contributed by atoms with Gasteiger partial charge in [0.05, 0.1) is 15.6 Å². The van der Waals surface area contributed by atoms with Crippen LogP contribution in [0.1, 0.15) is 5.56 Å². The average molecular weight is 593 g/mol. The Labute approximate surface area is 181 Å². The van der Waals surface area contributed by atoms with E-state index >= 15 is 0 Å². The molecule has 144 valence electrons. The van der Waals surface area contributed by atoms with Gasteiger partial charge in [0.15, 0.2) is 19.8 Å². The van der Waals surface area contributed by atoms with Gasteiger partial charge in [-0.25, -0.2) is 0 Å². The van der Waals surface area contributed by atoms with Gasteiger partial charge in [-0.05, 0) is 107 Å². The molecule has 0 aliphatic carbocycles. The van der Waals surface area contributed by atoms with Crippen molar-refractivity contribution in [2.75, 3.05) is 0 Å². The van der Waals surface area contributed by atoms with Crippen LogP contribution in [0.2, 0.25) is 58.9 Å². The van der Waals surface area contributed by atoms with E-state index in [0.717, 1.165) is 30.5 Å². The average Bonchev–Trinajstić information content (AvgIpc) is 2.36. The maximum Gasteiger partial charge on any atom is 0.242 e. The molecule has 0 aromatic heterocycles. The highest BCUT2D eigenvalue weighted by Crippen LogP contribution is 2.50. The minimum absolute atomic E-state index is 0.533. The largest absolute Gasteiger partial charge is 0.541 e. The Bertz CT molecular complexity index is 633. The van der Waals surface area contributed by atoms with Crippen molar-refractivity contribution in [1.82, 2.24) is 0 Å². The van der Waals surface area contributed by atoms with Gasteiger partial charge in [-0.3, -0.25) is 0 Å². The maximum atomic E-state index is 6.41. The summed E-state index contributed by atoms with van der Waals surface area (Å²) in [6.07, 6.45) is 0. The normalized spacial score (nSPS) is 13.1. The topological polar surface area (TPSA) is 27.7 Å². The molecule has 0 aliphatic heterocycles. The van der Waals surface area contributed by atoms with E-state index in [2.05, 4.69) is 107 Å². The number of hydrogen-bond donors (Lipinski definition) is 0. The number of hydrogen-bond acceptors (Lipinski definition) is 3. The van der Waals surface area contributed by atoms with Crippen molar-refractivity contribution in [1.29, 1.82) is 0 Å². The summed E-state index contributed by atoms with van der Waals surface area (Å²) in [5.41, 5.74) is 1.05. The van der Waals surface area contributed by atoms with Gasteiger partial charge in [-0.15, -0.1) is 0 Å². The Morgan fingerprint density at radius 2 is 1.00 bits per heavy atom. The van der Waals surface area contributed by atoms with Gasteiger partial charge in [-0.2, -0.15) is 0 Å². The van der Waals surface area contributed by atoms with Crippen LogP contribution >= 0.6 is 47.8 Å². The van der Waals surface area contributed by atoms with Gasteiger partial charge in [0.1, 0.15) is 0 Å². The zero-order valence-electron chi connectivity index (χ0n) is 16.6. The lowest BCUT2D eigenvalue weighted by Gasteiger charge is -2.29. The van der Waals surface area contributed by atoms with E-state index in [1.807, 2.05) is 0 Å². The summed E-state index contributed by atoms with van der Waals surface area (Å²) in [6.45, 7) is 20.1. The van der Waals surface area contributed by atoms with Crippen molar-refractivity contribution in [3.63, 3.8) is 0 Å². The molecule has 1 aromatic carbocycles. The minimum atomic E-state index is -1.82. The van der Waals surface area contributed by atoms with Crippen LogP contribution in [0.15, 0.2) is 13.4 Å². The maximum absolute atomic E-state index is 6.41. The van der Waals surface area contributed by atoms with Crippen LogP contribution in [0.25, 0.3) is 0 Å². The first-order valence-electron chi connectivity index (χ1n) is 8.23. The van der Waals surface area contributed by atoms with E-state index in [1.165, 1.54) is 0 Å². The zero-order valence-corrected chi connectivity index (χ0v) is 24.3. The highest BCUT2D eigenvalue weighted by atomic mass is 79.9. The second kappa shape index (κ2) is 8.48. The van der Waals surface area contributed by atoms with Gasteiger partial charge in [0.25, 0.3) is 0 Å². The molecular formula is C16H29Br3O3Si3. The van der Waals surface area contributed by atoms with Crippen molar-refractivity contribution in [3.05, 3.63) is 19.0 Å². The molecule has 0 aliphatic rings. The minimum Gasteiger partial charge on any atom is -0.541 e. The Morgan fingerprint density at radius 3 is 1.36 bits per heavy atom. The third kappa shape index (κ3) is 7.79. The summed E-state index contributed by atoms with van der Waals surface area (Å²) in [6, 6.07) is 0. The second-order valence-electron chi connectivity index (χ2n) is 8.91. The molecule has 0 radical (unpaired) electrons. The fourth-order valence-corrected chi connectivity index (χ4v) is 6.20. The number of benzene rings is 1. The molecule has 0 atom stereocenters. The molecule has 3 nitrogen and oxygen atoms in total. The van der Waals surface area contributed by atoms with Crippen molar-refractivity contribution < 1.29 is 13.3 Å². The second-order valence-corrected chi connectivity index (χ2v) is 24.7. The van der Waals surface area contributed by atoms with Crippen LogP contribution in [0.5, 0.6) is 11.5 Å². The molecule has 0 saturated heterocycles. The molecule has 0 fully saturated rings. The van der Waals surface area contributed by atoms with E-state index in [1.54, 1.807) is 0 Å². The molecule has 0 amide bonds. The van der Waals surface area contributed by atoms with Gasteiger partial charge >= 0.3 is 0 Å². The SMILES string of the molecule is C[Si](C)(C)OCc1c(Br)c(Br)c(O[Si](C)(C)C)c(O[Si](C)(C)C)c1Br. The molecule has 1 rings (SSSR count). The van der Waals surface area contributed by atoms with E-state index in [4.69, 9.17) is 13.3 Å². The summed E-state index contributed by atoms with van der Waals surface area (Å²) in [7, 11) is -5.26. The fraction of sp³-hybridized carbons (Fsp3) is 0.625. The Kier molecular flexibility index (Phi) is 8.11. The molecule has 0 spiro atoms. The molecule has 9 heteroatoms. The predicted molar refractivity (Wildman–Crippen MR) is 126 cm³/mol. The molecule has 0 N–H and O–H groups in total. The molecule has 25 heavy (non-hydrogen) atoms. The summed E-state index contributed by atoms with van der Waals surface area (Å²) < 4.78 is 21.7. The van der Waals surface area contributed by atoms with Crippen LogP contribution in [-0.2, 0) is 11.0 Å². The van der Waals surface area contributed by atoms with Gasteiger partial charge in [0.2, 0.25) is 16.6 Å². The van der Waals surface area contributed by atoms with Crippen molar-refractivity contribution >= 4 is 72.7 Å². The zero-order chi connectivity index (χ0) is 19.8. The standard InChI is InChI=1S/C16H29Br3O3Si3/c1-23(2,3)20-10-11-12(17)14(19)16(22-25(7,8)9)15(13(11)18)21-24(4,5)6/h10H2,1-9H3. The molecular weight excluding hydrogens is 564 g/mol. The highest BCUT2D eigenvalue weighted by molar-refractivity contribution is 9.13. The van der Waals surface area contributed by atoms with Crippen LogP contribution in [0.3, 0.4) is 0 Å². The fourth-order valence-electron chi connectivity index (χ4n) is 1.87. The van der Waals surface area contributed by atoms with Gasteiger partial charge in [-0.1, -0.05) is 0 Å². The molecule has 0 bridgehead atoms. The summed E-state index contributed by atoms with van der Waals surface area (Å²) >= 11 is 11.2. The van der Waals surface area contributed by atoms with Crippen LogP contribution < -0.4 is 8.85 Å². The molecule has 1 aromatic rings. The van der Waals surface area contributed by atoms with Crippen LogP contribution in [-0.4, -0.2) is 25.0 Å². The first-order valence-corrected chi connectivity index (χ1v) is 20.8. The van der Waals surface area contributed by atoms with Crippen molar-refractivity contribution in [2.24, 2.45) is 0 Å². The van der Waals surface area contributed by atoms with E-state index in [9.17, 15) is 0 Å².